The number of hydrogen-bond acceptors (Lipinski definition) is 3. The van der Waals surface area contributed by atoms with Crippen molar-refractivity contribution in [2.75, 3.05) is 25.4 Å². The molecule has 22 heavy (non-hydrogen) atoms. The van der Waals surface area contributed by atoms with Crippen LogP contribution in [-0.2, 0) is 9.53 Å². The van der Waals surface area contributed by atoms with E-state index in [1.807, 2.05) is 17.8 Å². The Balaban J connectivity index is 1.37. The molecule has 2 fully saturated rings. The van der Waals surface area contributed by atoms with Crippen LogP contribution in [0.3, 0.4) is 0 Å². The first-order valence-electron chi connectivity index (χ1n) is 8.38. The molecule has 1 aromatic rings. The fourth-order valence-corrected chi connectivity index (χ4v) is 4.29. The van der Waals surface area contributed by atoms with Gasteiger partial charge in [-0.1, -0.05) is 18.2 Å². The van der Waals surface area contributed by atoms with Gasteiger partial charge in [0, 0.05) is 36.8 Å². The van der Waals surface area contributed by atoms with E-state index in [0.717, 1.165) is 51.1 Å². The summed E-state index contributed by atoms with van der Waals surface area (Å²) < 4.78 is 5.60. The number of carbonyl (C=O) groups is 1. The third-order valence-corrected chi connectivity index (χ3v) is 5.82. The monoisotopic (exact) mass is 319 g/mol. The lowest BCUT2D eigenvalue weighted by atomic mass is 10.1. The predicted molar refractivity (Wildman–Crippen MR) is 90.1 cm³/mol. The highest BCUT2D eigenvalue weighted by Crippen LogP contribution is 2.26. The molecule has 1 aromatic carbocycles. The number of ether oxygens (including phenoxy) is 1. The van der Waals surface area contributed by atoms with Crippen molar-refractivity contribution in [1.82, 2.24) is 4.90 Å². The van der Waals surface area contributed by atoms with E-state index in [-0.39, 0.29) is 0 Å². The molecule has 3 rings (SSSR count). The Morgan fingerprint density at radius 3 is 2.91 bits per heavy atom. The Bertz CT molecular complexity index is 473. The molecular weight excluding hydrogens is 294 g/mol. The van der Waals surface area contributed by atoms with Gasteiger partial charge in [-0.05, 0) is 43.7 Å². The Labute approximate surface area is 137 Å². The molecule has 0 radical (unpaired) electrons. The fraction of sp³-hybridized carbons (Fsp3) is 0.611. The number of rotatable bonds is 6. The molecule has 2 heterocycles. The minimum atomic E-state index is 0.322. The maximum atomic E-state index is 12.3. The second-order valence-corrected chi connectivity index (χ2v) is 7.39. The van der Waals surface area contributed by atoms with Gasteiger partial charge in [-0.3, -0.25) is 4.79 Å². The maximum absolute atomic E-state index is 12.3. The highest BCUT2D eigenvalue weighted by atomic mass is 32.2. The molecule has 0 spiro atoms. The molecule has 0 unspecified atom stereocenters. The zero-order valence-electron chi connectivity index (χ0n) is 13.1. The number of nitrogens with zero attached hydrogens (tertiary/aromatic N) is 1. The number of carbonyl (C=O) groups excluding carboxylic acids is 1. The lowest BCUT2D eigenvalue weighted by molar-refractivity contribution is -0.130. The standard InChI is InChI=1S/C18H25NO2S/c20-18(9-8-16-5-4-12-21-16)19-11-10-15(13-19)14-22-17-6-2-1-3-7-17/h1-3,6-7,15-16H,4-5,8-14H2/t15-,16+/m0/s1. The Morgan fingerprint density at radius 2 is 2.14 bits per heavy atom. The van der Waals surface area contributed by atoms with Crippen molar-refractivity contribution in [1.29, 1.82) is 0 Å². The molecule has 2 atom stereocenters. The summed E-state index contributed by atoms with van der Waals surface area (Å²) in [5, 5.41) is 0. The van der Waals surface area contributed by atoms with E-state index < -0.39 is 0 Å². The van der Waals surface area contributed by atoms with E-state index in [0.29, 0.717) is 24.3 Å². The first kappa shape index (κ1) is 15.9. The summed E-state index contributed by atoms with van der Waals surface area (Å²) in [5.41, 5.74) is 0. The first-order valence-corrected chi connectivity index (χ1v) is 9.37. The summed E-state index contributed by atoms with van der Waals surface area (Å²) in [5.74, 6) is 2.07. The van der Waals surface area contributed by atoms with E-state index in [2.05, 4.69) is 29.2 Å². The highest BCUT2D eigenvalue weighted by Gasteiger charge is 2.27. The van der Waals surface area contributed by atoms with Crippen LogP contribution in [0.5, 0.6) is 0 Å². The average molecular weight is 319 g/mol. The van der Waals surface area contributed by atoms with Crippen LogP contribution in [-0.4, -0.2) is 42.4 Å². The van der Waals surface area contributed by atoms with Crippen LogP contribution in [0, 0.1) is 5.92 Å². The van der Waals surface area contributed by atoms with Crippen molar-refractivity contribution < 1.29 is 9.53 Å². The van der Waals surface area contributed by atoms with Crippen LogP contribution in [0.25, 0.3) is 0 Å². The van der Waals surface area contributed by atoms with Crippen molar-refractivity contribution >= 4 is 17.7 Å². The van der Waals surface area contributed by atoms with Crippen molar-refractivity contribution in [2.45, 2.75) is 43.1 Å². The van der Waals surface area contributed by atoms with Gasteiger partial charge in [-0.15, -0.1) is 11.8 Å². The summed E-state index contributed by atoms with van der Waals surface area (Å²) in [4.78, 5) is 15.7. The molecule has 0 aromatic heterocycles. The minimum absolute atomic E-state index is 0.322. The van der Waals surface area contributed by atoms with E-state index >= 15 is 0 Å². The van der Waals surface area contributed by atoms with E-state index in [4.69, 9.17) is 4.74 Å². The van der Waals surface area contributed by atoms with Crippen LogP contribution in [0.4, 0.5) is 0 Å². The van der Waals surface area contributed by atoms with Gasteiger partial charge in [0.25, 0.3) is 0 Å². The Hall–Kier alpha value is -1.00. The zero-order valence-corrected chi connectivity index (χ0v) is 13.9. The topological polar surface area (TPSA) is 29.5 Å². The zero-order chi connectivity index (χ0) is 15.2. The van der Waals surface area contributed by atoms with Gasteiger partial charge in [0.1, 0.15) is 0 Å². The lowest BCUT2D eigenvalue weighted by Gasteiger charge is -2.17. The number of hydrogen-bond donors (Lipinski definition) is 0. The van der Waals surface area contributed by atoms with Gasteiger partial charge in [-0.25, -0.2) is 0 Å². The molecule has 2 aliphatic heterocycles. The minimum Gasteiger partial charge on any atom is -0.378 e. The summed E-state index contributed by atoms with van der Waals surface area (Å²) >= 11 is 1.91. The second kappa shape index (κ2) is 8.02. The van der Waals surface area contributed by atoms with Gasteiger partial charge in [0.05, 0.1) is 6.10 Å². The fourth-order valence-electron chi connectivity index (χ4n) is 3.24. The van der Waals surface area contributed by atoms with E-state index in [9.17, 15) is 4.79 Å². The van der Waals surface area contributed by atoms with Gasteiger partial charge >= 0.3 is 0 Å². The van der Waals surface area contributed by atoms with Crippen LogP contribution >= 0.6 is 11.8 Å². The SMILES string of the molecule is O=C(CC[C@H]1CCCO1)N1CC[C@H](CSc2ccccc2)C1. The number of benzene rings is 1. The smallest absolute Gasteiger partial charge is 0.222 e. The molecule has 0 aliphatic carbocycles. The molecule has 0 bridgehead atoms. The lowest BCUT2D eigenvalue weighted by Crippen LogP contribution is -2.29. The third-order valence-electron chi connectivity index (χ3n) is 4.57. The molecule has 1 amide bonds. The largest absolute Gasteiger partial charge is 0.378 e. The summed E-state index contributed by atoms with van der Waals surface area (Å²) in [6.45, 7) is 2.75. The number of thioether (sulfide) groups is 1. The van der Waals surface area contributed by atoms with Gasteiger partial charge in [-0.2, -0.15) is 0 Å². The highest BCUT2D eigenvalue weighted by molar-refractivity contribution is 7.99. The number of amides is 1. The second-order valence-electron chi connectivity index (χ2n) is 6.29. The molecule has 2 saturated heterocycles. The van der Waals surface area contributed by atoms with Crippen LogP contribution in [0.15, 0.2) is 35.2 Å². The van der Waals surface area contributed by atoms with Crippen molar-refractivity contribution in [3.05, 3.63) is 30.3 Å². The maximum Gasteiger partial charge on any atom is 0.222 e. The van der Waals surface area contributed by atoms with Crippen LogP contribution in [0.2, 0.25) is 0 Å². The molecule has 4 heteroatoms. The predicted octanol–water partition coefficient (Wildman–Crippen LogP) is 3.59. The normalized spacial score (nSPS) is 24.8. The van der Waals surface area contributed by atoms with E-state index in [1.165, 1.54) is 4.90 Å². The molecule has 120 valence electrons. The summed E-state index contributed by atoms with van der Waals surface area (Å²) in [6, 6.07) is 10.5. The summed E-state index contributed by atoms with van der Waals surface area (Å²) in [6.07, 6.45) is 5.31. The number of likely N-dealkylation sites (tertiary alicyclic amines) is 1. The Kier molecular flexibility index (Phi) is 5.79. The van der Waals surface area contributed by atoms with Crippen molar-refractivity contribution in [2.24, 2.45) is 5.92 Å². The molecular formula is C18H25NO2S. The van der Waals surface area contributed by atoms with Crippen LogP contribution in [0.1, 0.15) is 32.1 Å². The molecule has 0 saturated carbocycles. The quantitative estimate of drug-likeness (QED) is 0.751. The molecule has 2 aliphatic rings. The van der Waals surface area contributed by atoms with Crippen molar-refractivity contribution in [3.8, 4) is 0 Å². The van der Waals surface area contributed by atoms with Crippen LogP contribution < -0.4 is 0 Å². The van der Waals surface area contributed by atoms with E-state index in [1.54, 1.807) is 0 Å². The van der Waals surface area contributed by atoms with Gasteiger partial charge in [0.15, 0.2) is 0 Å². The average Bonchev–Trinajstić information content (AvgIpc) is 3.23. The van der Waals surface area contributed by atoms with Gasteiger partial charge < -0.3 is 9.64 Å². The van der Waals surface area contributed by atoms with Gasteiger partial charge in [0.2, 0.25) is 5.91 Å². The molecule has 0 N–H and O–H groups in total. The third kappa shape index (κ3) is 4.50. The van der Waals surface area contributed by atoms with Crippen molar-refractivity contribution in [3.63, 3.8) is 0 Å². The first-order chi connectivity index (χ1) is 10.8. The summed E-state index contributed by atoms with van der Waals surface area (Å²) in [7, 11) is 0. The Morgan fingerprint density at radius 1 is 1.27 bits per heavy atom. The molecule has 3 nitrogen and oxygen atoms in total.